The molecule has 0 aliphatic rings. The number of rotatable bonds is 6. The fraction of sp³-hybridized carbons (Fsp3) is 0.353. The van der Waals surface area contributed by atoms with E-state index in [4.69, 9.17) is 4.74 Å². The van der Waals surface area contributed by atoms with Gasteiger partial charge in [-0.05, 0) is 45.4 Å². The molecule has 23 heavy (non-hydrogen) atoms. The van der Waals surface area contributed by atoms with E-state index in [0.29, 0.717) is 5.56 Å². The van der Waals surface area contributed by atoms with E-state index in [1.165, 1.54) is 6.07 Å². The number of ether oxygens (including phenoxy) is 1. The number of nitrogens with zero attached hydrogens (tertiary/aromatic N) is 2. The van der Waals surface area contributed by atoms with Crippen LogP contribution >= 0.6 is 0 Å². The first-order valence-corrected chi connectivity index (χ1v) is 7.43. The molecule has 0 atom stereocenters. The van der Waals surface area contributed by atoms with Crippen molar-refractivity contribution in [2.75, 3.05) is 6.61 Å². The van der Waals surface area contributed by atoms with Gasteiger partial charge in [-0.25, -0.2) is 0 Å². The molecule has 0 radical (unpaired) electrons. The van der Waals surface area contributed by atoms with E-state index in [1.54, 1.807) is 12.1 Å². The first kappa shape index (κ1) is 16.7. The van der Waals surface area contributed by atoms with E-state index < -0.39 is 4.92 Å². The molecule has 6 heteroatoms. The second-order valence-corrected chi connectivity index (χ2v) is 5.47. The zero-order chi connectivity index (χ0) is 17.1. The van der Waals surface area contributed by atoms with Crippen molar-refractivity contribution in [1.82, 2.24) is 4.57 Å². The van der Waals surface area contributed by atoms with Gasteiger partial charge in [0, 0.05) is 29.6 Å². The Morgan fingerprint density at radius 2 is 1.96 bits per heavy atom. The molecular formula is C17H20N2O4. The van der Waals surface area contributed by atoms with Crippen molar-refractivity contribution < 1.29 is 14.5 Å². The monoisotopic (exact) mass is 316 g/mol. The van der Waals surface area contributed by atoms with Gasteiger partial charge in [0.2, 0.25) is 5.78 Å². The number of nitro benzene ring substituents is 1. The van der Waals surface area contributed by atoms with E-state index in [2.05, 4.69) is 0 Å². The Bertz CT molecular complexity index is 762. The predicted molar refractivity (Wildman–Crippen MR) is 87.2 cm³/mol. The van der Waals surface area contributed by atoms with Crippen LogP contribution in [0.2, 0.25) is 0 Å². The lowest BCUT2D eigenvalue weighted by Crippen LogP contribution is -2.13. The number of aryl methyl sites for hydroxylation is 2. The van der Waals surface area contributed by atoms with Crippen LogP contribution in [0.5, 0.6) is 5.75 Å². The molecule has 0 bridgehead atoms. The SMILES string of the molecule is CCn1c(C)cc(C(=O)COc2cc(C)ccc2[N+](=O)[O-])c1C. The lowest BCUT2D eigenvalue weighted by atomic mass is 10.1. The van der Waals surface area contributed by atoms with Crippen LogP contribution in [0.1, 0.15) is 34.2 Å². The first-order valence-electron chi connectivity index (χ1n) is 7.43. The van der Waals surface area contributed by atoms with Crippen molar-refractivity contribution in [2.24, 2.45) is 0 Å². The summed E-state index contributed by atoms with van der Waals surface area (Å²) in [5, 5.41) is 11.0. The van der Waals surface area contributed by atoms with E-state index in [9.17, 15) is 14.9 Å². The molecule has 0 saturated heterocycles. The molecule has 0 amide bonds. The zero-order valence-corrected chi connectivity index (χ0v) is 13.8. The maximum atomic E-state index is 12.4. The summed E-state index contributed by atoms with van der Waals surface area (Å²) in [5.41, 5.74) is 3.19. The fourth-order valence-corrected chi connectivity index (χ4v) is 2.68. The summed E-state index contributed by atoms with van der Waals surface area (Å²) in [7, 11) is 0. The summed E-state index contributed by atoms with van der Waals surface area (Å²) >= 11 is 0. The highest BCUT2D eigenvalue weighted by Gasteiger charge is 2.19. The van der Waals surface area contributed by atoms with Crippen LogP contribution in [0.3, 0.4) is 0 Å². The van der Waals surface area contributed by atoms with Crippen LogP contribution in [-0.2, 0) is 6.54 Å². The Balaban J connectivity index is 2.20. The predicted octanol–water partition coefficient (Wildman–Crippen LogP) is 3.60. The van der Waals surface area contributed by atoms with Crippen LogP contribution in [0.15, 0.2) is 24.3 Å². The summed E-state index contributed by atoms with van der Waals surface area (Å²) in [5.74, 6) is -0.0683. The number of nitro groups is 1. The highest BCUT2D eigenvalue weighted by Crippen LogP contribution is 2.28. The van der Waals surface area contributed by atoms with Crippen LogP contribution in [0.25, 0.3) is 0 Å². The van der Waals surface area contributed by atoms with Crippen molar-refractivity contribution in [3.8, 4) is 5.75 Å². The van der Waals surface area contributed by atoms with Crippen molar-refractivity contribution in [2.45, 2.75) is 34.2 Å². The van der Waals surface area contributed by atoms with E-state index in [-0.39, 0.29) is 23.8 Å². The smallest absolute Gasteiger partial charge is 0.310 e. The normalized spacial score (nSPS) is 10.6. The van der Waals surface area contributed by atoms with Gasteiger partial charge in [0.15, 0.2) is 12.4 Å². The number of Topliss-reactive ketones (excluding diaryl/α,β-unsaturated/α-hetero) is 1. The third kappa shape index (κ3) is 3.41. The lowest BCUT2D eigenvalue weighted by molar-refractivity contribution is -0.385. The van der Waals surface area contributed by atoms with Gasteiger partial charge in [-0.3, -0.25) is 14.9 Å². The lowest BCUT2D eigenvalue weighted by Gasteiger charge is -2.08. The molecule has 1 heterocycles. The molecule has 0 N–H and O–H groups in total. The van der Waals surface area contributed by atoms with Gasteiger partial charge in [-0.15, -0.1) is 0 Å². The molecule has 0 spiro atoms. The van der Waals surface area contributed by atoms with Gasteiger partial charge >= 0.3 is 5.69 Å². The van der Waals surface area contributed by atoms with E-state index in [0.717, 1.165) is 23.5 Å². The molecule has 0 saturated carbocycles. The van der Waals surface area contributed by atoms with Gasteiger partial charge in [-0.2, -0.15) is 0 Å². The molecular weight excluding hydrogens is 296 g/mol. The fourth-order valence-electron chi connectivity index (χ4n) is 2.68. The summed E-state index contributed by atoms with van der Waals surface area (Å²) in [6, 6.07) is 6.43. The van der Waals surface area contributed by atoms with Crippen LogP contribution < -0.4 is 4.74 Å². The first-order chi connectivity index (χ1) is 10.8. The molecule has 1 aromatic carbocycles. The van der Waals surface area contributed by atoms with E-state index in [1.807, 2.05) is 38.3 Å². The minimum absolute atomic E-state index is 0.118. The van der Waals surface area contributed by atoms with Gasteiger partial charge < -0.3 is 9.30 Å². The zero-order valence-electron chi connectivity index (χ0n) is 13.8. The van der Waals surface area contributed by atoms with Crippen LogP contribution in [0.4, 0.5) is 5.69 Å². The largest absolute Gasteiger partial charge is 0.478 e. The number of ketones is 1. The summed E-state index contributed by atoms with van der Waals surface area (Å²) in [4.78, 5) is 22.9. The highest BCUT2D eigenvalue weighted by atomic mass is 16.6. The third-order valence-electron chi connectivity index (χ3n) is 3.86. The van der Waals surface area contributed by atoms with Gasteiger partial charge in [-0.1, -0.05) is 6.07 Å². The van der Waals surface area contributed by atoms with Gasteiger partial charge in [0.05, 0.1) is 4.92 Å². The average molecular weight is 316 g/mol. The molecule has 0 fully saturated rings. The summed E-state index contributed by atoms with van der Waals surface area (Å²) in [6.45, 7) is 8.22. The molecule has 0 aliphatic heterocycles. The summed E-state index contributed by atoms with van der Waals surface area (Å²) in [6.07, 6.45) is 0. The third-order valence-corrected chi connectivity index (χ3v) is 3.86. The second-order valence-electron chi connectivity index (χ2n) is 5.47. The molecule has 0 unspecified atom stereocenters. The maximum absolute atomic E-state index is 12.4. The van der Waals surface area contributed by atoms with Crippen molar-refractivity contribution in [1.29, 1.82) is 0 Å². The van der Waals surface area contributed by atoms with Gasteiger partial charge in [0.1, 0.15) is 0 Å². The molecule has 1 aromatic heterocycles. The Hall–Kier alpha value is -2.63. The van der Waals surface area contributed by atoms with Crippen LogP contribution in [0, 0.1) is 30.9 Å². The minimum Gasteiger partial charge on any atom is -0.478 e. The summed E-state index contributed by atoms with van der Waals surface area (Å²) < 4.78 is 7.48. The number of aromatic nitrogens is 1. The second kappa shape index (κ2) is 6.64. The molecule has 6 nitrogen and oxygen atoms in total. The highest BCUT2D eigenvalue weighted by molar-refractivity contribution is 5.98. The average Bonchev–Trinajstić information content (AvgIpc) is 2.78. The topological polar surface area (TPSA) is 74.4 Å². The van der Waals surface area contributed by atoms with Crippen molar-refractivity contribution in [3.63, 3.8) is 0 Å². The molecule has 2 rings (SSSR count). The van der Waals surface area contributed by atoms with E-state index >= 15 is 0 Å². The minimum atomic E-state index is -0.512. The number of carbonyl (C=O) groups excluding carboxylic acids is 1. The number of hydrogen-bond donors (Lipinski definition) is 0. The maximum Gasteiger partial charge on any atom is 0.310 e. The van der Waals surface area contributed by atoms with Crippen LogP contribution in [-0.4, -0.2) is 21.9 Å². The number of benzene rings is 1. The standard InChI is InChI=1S/C17H20N2O4/c1-5-18-12(3)9-14(13(18)4)16(20)10-23-17-8-11(2)6-7-15(17)19(21)22/h6-9H,5,10H2,1-4H3. The van der Waals surface area contributed by atoms with Crippen molar-refractivity contribution in [3.05, 3.63) is 56.9 Å². The Morgan fingerprint density at radius 1 is 1.26 bits per heavy atom. The van der Waals surface area contributed by atoms with Gasteiger partial charge in [0.25, 0.3) is 0 Å². The molecule has 122 valence electrons. The molecule has 0 aliphatic carbocycles. The Kier molecular flexibility index (Phi) is 4.83. The Morgan fingerprint density at radius 3 is 2.52 bits per heavy atom. The molecule has 2 aromatic rings. The number of hydrogen-bond acceptors (Lipinski definition) is 4. The number of carbonyl (C=O) groups is 1. The Labute approximate surface area is 134 Å². The quantitative estimate of drug-likeness (QED) is 0.463. The van der Waals surface area contributed by atoms with Crippen molar-refractivity contribution >= 4 is 11.5 Å².